The lowest BCUT2D eigenvalue weighted by molar-refractivity contribution is 0.364. The van der Waals surface area contributed by atoms with E-state index in [1.165, 1.54) is 19.3 Å². The molecule has 2 aromatic rings. The molecule has 0 saturated heterocycles. The minimum Gasteiger partial charge on any atom is -0.327 e. The first-order valence-corrected chi connectivity index (χ1v) is 8.33. The number of aromatic nitrogens is 2. The monoisotopic (exact) mass is 358 g/mol. The summed E-state index contributed by atoms with van der Waals surface area (Å²) in [4.78, 5) is 4.53. The van der Waals surface area contributed by atoms with Crippen LogP contribution in [0.5, 0.6) is 0 Å². The maximum Gasteiger partial charge on any atom is 0.139 e. The molecule has 2 unspecified atom stereocenters. The van der Waals surface area contributed by atoms with Gasteiger partial charge in [0.1, 0.15) is 11.6 Å². The maximum absolute atomic E-state index is 13.8. The van der Waals surface area contributed by atoms with Gasteiger partial charge >= 0.3 is 0 Å². The third kappa shape index (κ3) is 2.48. The average Bonchev–Trinajstić information content (AvgIpc) is 2.96. The van der Waals surface area contributed by atoms with Crippen molar-refractivity contribution in [1.82, 2.24) is 9.55 Å². The Morgan fingerprint density at radius 1 is 1.45 bits per heavy atom. The molecular formula is C15H17BrClFN2. The summed E-state index contributed by atoms with van der Waals surface area (Å²) in [6.45, 7) is 3.19. The van der Waals surface area contributed by atoms with Gasteiger partial charge in [0.2, 0.25) is 0 Å². The van der Waals surface area contributed by atoms with Crippen molar-refractivity contribution in [3.63, 3.8) is 0 Å². The molecular weight excluding hydrogens is 343 g/mol. The Morgan fingerprint density at radius 3 is 2.90 bits per heavy atom. The Hall–Kier alpha value is -0.610. The zero-order valence-corrected chi connectivity index (χ0v) is 13.7. The van der Waals surface area contributed by atoms with Crippen LogP contribution in [0.25, 0.3) is 11.0 Å². The normalized spacial score (nSPS) is 22.8. The van der Waals surface area contributed by atoms with Crippen molar-refractivity contribution < 1.29 is 4.39 Å². The molecule has 1 heterocycles. The predicted octanol–water partition coefficient (Wildman–Crippen LogP) is 5.11. The van der Waals surface area contributed by atoms with E-state index in [4.69, 9.17) is 11.6 Å². The number of imidazole rings is 1. The molecule has 1 aromatic carbocycles. The van der Waals surface area contributed by atoms with Crippen molar-refractivity contribution in [2.24, 2.45) is 11.8 Å². The standard InChI is InChI=1S/C15H17BrClFN2/c1-9-3-2-4-10(9)8-20-14-6-12(18)11(16)5-13(14)19-15(20)7-17/h5-6,9-10H,2-4,7-8H2,1H3. The van der Waals surface area contributed by atoms with Crippen molar-refractivity contribution in [3.05, 3.63) is 28.2 Å². The van der Waals surface area contributed by atoms with Crippen LogP contribution in [-0.4, -0.2) is 9.55 Å². The molecule has 1 aliphatic carbocycles. The molecule has 0 spiro atoms. The lowest BCUT2D eigenvalue weighted by Gasteiger charge is -2.18. The van der Waals surface area contributed by atoms with Crippen molar-refractivity contribution in [2.45, 2.75) is 38.6 Å². The highest BCUT2D eigenvalue weighted by molar-refractivity contribution is 9.10. The van der Waals surface area contributed by atoms with Gasteiger partial charge in [0.25, 0.3) is 0 Å². The highest BCUT2D eigenvalue weighted by Gasteiger charge is 2.25. The zero-order valence-electron chi connectivity index (χ0n) is 11.4. The van der Waals surface area contributed by atoms with Crippen LogP contribution in [0.2, 0.25) is 0 Å². The molecule has 5 heteroatoms. The van der Waals surface area contributed by atoms with E-state index < -0.39 is 0 Å². The number of benzene rings is 1. The molecule has 108 valence electrons. The number of rotatable bonds is 3. The van der Waals surface area contributed by atoms with Gasteiger partial charge in [-0.3, -0.25) is 0 Å². The van der Waals surface area contributed by atoms with E-state index in [-0.39, 0.29) is 5.82 Å². The van der Waals surface area contributed by atoms with Crippen LogP contribution < -0.4 is 0 Å². The van der Waals surface area contributed by atoms with Crippen molar-refractivity contribution in [3.8, 4) is 0 Å². The summed E-state index contributed by atoms with van der Waals surface area (Å²) in [5.74, 6) is 2.30. The SMILES string of the molecule is CC1CCCC1Cn1c(CCl)nc2cc(Br)c(F)cc21. The number of hydrogen-bond donors (Lipinski definition) is 0. The van der Waals surface area contributed by atoms with E-state index in [2.05, 4.69) is 32.4 Å². The van der Waals surface area contributed by atoms with E-state index in [9.17, 15) is 4.39 Å². The van der Waals surface area contributed by atoms with Crippen LogP contribution in [0.1, 0.15) is 32.0 Å². The molecule has 2 nitrogen and oxygen atoms in total. The van der Waals surface area contributed by atoms with E-state index in [0.29, 0.717) is 16.3 Å². The first-order chi connectivity index (χ1) is 9.60. The summed E-state index contributed by atoms with van der Waals surface area (Å²) in [5.41, 5.74) is 1.65. The number of alkyl halides is 1. The minimum absolute atomic E-state index is 0.251. The summed E-state index contributed by atoms with van der Waals surface area (Å²) in [6.07, 6.45) is 3.81. The van der Waals surface area contributed by atoms with Gasteiger partial charge in [0.15, 0.2) is 0 Å². The number of nitrogens with zero attached hydrogens (tertiary/aromatic N) is 2. The van der Waals surface area contributed by atoms with E-state index in [1.807, 2.05) is 0 Å². The third-order valence-corrected chi connectivity index (χ3v) is 5.29. The molecule has 1 fully saturated rings. The van der Waals surface area contributed by atoms with Crippen LogP contribution in [-0.2, 0) is 12.4 Å². The van der Waals surface area contributed by atoms with E-state index in [1.54, 1.807) is 12.1 Å². The van der Waals surface area contributed by atoms with Crippen LogP contribution in [0.4, 0.5) is 4.39 Å². The van der Waals surface area contributed by atoms with E-state index in [0.717, 1.165) is 29.3 Å². The fraction of sp³-hybridized carbons (Fsp3) is 0.533. The van der Waals surface area contributed by atoms with Gasteiger partial charge in [-0.1, -0.05) is 19.8 Å². The van der Waals surface area contributed by atoms with Crippen molar-refractivity contribution in [2.75, 3.05) is 0 Å². The molecule has 1 aliphatic rings. The third-order valence-electron chi connectivity index (χ3n) is 4.45. The summed E-state index contributed by atoms with van der Waals surface area (Å²) >= 11 is 9.23. The molecule has 20 heavy (non-hydrogen) atoms. The number of hydrogen-bond acceptors (Lipinski definition) is 1. The Balaban J connectivity index is 2.05. The number of halogens is 3. The maximum atomic E-state index is 13.8. The molecule has 3 rings (SSSR count). The van der Waals surface area contributed by atoms with Crippen LogP contribution in [0, 0.1) is 17.7 Å². The molecule has 1 aromatic heterocycles. The van der Waals surface area contributed by atoms with Gasteiger partial charge in [0.05, 0.1) is 21.4 Å². The van der Waals surface area contributed by atoms with Gasteiger partial charge < -0.3 is 4.57 Å². The second-order valence-electron chi connectivity index (χ2n) is 5.70. The summed E-state index contributed by atoms with van der Waals surface area (Å²) in [7, 11) is 0. The molecule has 0 N–H and O–H groups in total. The lowest BCUT2D eigenvalue weighted by Crippen LogP contribution is -2.15. The fourth-order valence-corrected chi connectivity index (χ4v) is 3.74. The molecule has 0 aliphatic heterocycles. The largest absolute Gasteiger partial charge is 0.327 e. The van der Waals surface area contributed by atoms with Gasteiger partial charge in [-0.15, -0.1) is 11.6 Å². The molecule has 2 atom stereocenters. The van der Waals surface area contributed by atoms with E-state index >= 15 is 0 Å². The number of fused-ring (bicyclic) bond motifs is 1. The first-order valence-electron chi connectivity index (χ1n) is 7.00. The molecule has 0 bridgehead atoms. The minimum atomic E-state index is -0.251. The topological polar surface area (TPSA) is 17.8 Å². The fourth-order valence-electron chi connectivity index (χ4n) is 3.20. The summed E-state index contributed by atoms with van der Waals surface area (Å²) < 4.78 is 16.4. The van der Waals surface area contributed by atoms with Crippen LogP contribution >= 0.6 is 27.5 Å². The molecule has 0 radical (unpaired) electrons. The second-order valence-corrected chi connectivity index (χ2v) is 6.82. The lowest BCUT2D eigenvalue weighted by atomic mass is 9.98. The summed E-state index contributed by atoms with van der Waals surface area (Å²) in [5, 5.41) is 0. The van der Waals surface area contributed by atoms with Gasteiger partial charge in [-0.05, 0) is 40.3 Å². The van der Waals surface area contributed by atoms with Crippen LogP contribution in [0.15, 0.2) is 16.6 Å². The smallest absolute Gasteiger partial charge is 0.139 e. The van der Waals surface area contributed by atoms with Gasteiger partial charge in [0, 0.05) is 12.6 Å². The Morgan fingerprint density at radius 2 is 2.25 bits per heavy atom. The predicted molar refractivity (Wildman–Crippen MR) is 83.5 cm³/mol. The average molecular weight is 360 g/mol. The Labute approximate surface area is 131 Å². The Kier molecular flexibility index (Phi) is 4.04. The highest BCUT2D eigenvalue weighted by atomic mass is 79.9. The van der Waals surface area contributed by atoms with Crippen LogP contribution in [0.3, 0.4) is 0 Å². The Bertz CT molecular complexity index is 640. The highest BCUT2D eigenvalue weighted by Crippen LogP contribution is 2.34. The summed E-state index contributed by atoms with van der Waals surface area (Å²) in [6, 6.07) is 3.29. The quantitative estimate of drug-likeness (QED) is 0.696. The van der Waals surface area contributed by atoms with Gasteiger partial charge in [-0.25, -0.2) is 9.37 Å². The van der Waals surface area contributed by atoms with Crippen molar-refractivity contribution in [1.29, 1.82) is 0 Å². The van der Waals surface area contributed by atoms with Gasteiger partial charge in [-0.2, -0.15) is 0 Å². The van der Waals surface area contributed by atoms with Crippen molar-refractivity contribution >= 4 is 38.6 Å². The second kappa shape index (κ2) is 5.64. The molecule has 0 amide bonds. The zero-order chi connectivity index (χ0) is 14.3. The molecule has 1 saturated carbocycles. The first kappa shape index (κ1) is 14.3.